The summed E-state index contributed by atoms with van der Waals surface area (Å²) in [6, 6.07) is 17.5. The number of amides is 1. The molecule has 0 aliphatic carbocycles. The Hall–Kier alpha value is -3.12. The summed E-state index contributed by atoms with van der Waals surface area (Å²) in [5.74, 6) is 1.36. The molecule has 1 aliphatic rings. The molecule has 3 aromatic rings. The van der Waals surface area contributed by atoms with Crippen LogP contribution in [0.1, 0.15) is 17.3 Å². The molecule has 1 atom stereocenters. The lowest BCUT2D eigenvalue weighted by atomic mass is 10.0. The molecule has 6 heteroatoms. The highest BCUT2D eigenvalue weighted by Gasteiger charge is 2.30. The van der Waals surface area contributed by atoms with Crippen LogP contribution in [-0.2, 0) is 11.2 Å². The first-order chi connectivity index (χ1) is 13.8. The summed E-state index contributed by atoms with van der Waals surface area (Å²) in [4.78, 5) is 19.5. The molecule has 1 aliphatic heterocycles. The topological polar surface area (TPSA) is 67.6 Å². The van der Waals surface area contributed by atoms with Crippen molar-refractivity contribution in [3.8, 4) is 17.2 Å². The lowest BCUT2D eigenvalue weighted by Crippen LogP contribution is -2.49. The number of aromatic nitrogens is 1. The van der Waals surface area contributed by atoms with Crippen LogP contribution < -0.4 is 10.1 Å². The van der Waals surface area contributed by atoms with Crippen molar-refractivity contribution in [1.82, 2.24) is 15.2 Å². The highest BCUT2D eigenvalue weighted by atomic mass is 16.5. The molecule has 0 radical (unpaired) electrons. The third kappa shape index (κ3) is 3.77. The van der Waals surface area contributed by atoms with E-state index >= 15 is 0 Å². The van der Waals surface area contributed by atoms with E-state index in [1.54, 1.807) is 13.4 Å². The second kappa shape index (κ2) is 8.27. The lowest BCUT2D eigenvalue weighted by molar-refractivity contribution is -0.133. The molecule has 6 nitrogen and oxygen atoms in total. The van der Waals surface area contributed by atoms with Crippen molar-refractivity contribution in [3.63, 3.8) is 0 Å². The van der Waals surface area contributed by atoms with Crippen molar-refractivity contribution in [2.24, 2.45) is 0 Å². The van der Waals surface area contributed by atoms with Crippen molar-refractivity contribution in [2.75, 3.05) is 26.7 Å². The molecule has 0 bridgehead atoms. The molecule has 1 saturated heterocycles. The zero-order valence-electron chi connectivity index (χ0n) is 15.8. The van der Waals surface area contributed by atoms with Crippen molar-refractivity contribution in [1.29, 1.82) is 0 Å². The normalized spacial score (nSPS) is 16.8. The molecule has 2 aromatic carbocycles. The number of para-hydroxylation sites is 1. The van der Waals surface area contributed by atoms with Gasteiger partial charge in [-0.05, 0) is 18.2 Å². The number of benzene rings is 2. The first-order valence-electron chi connectivity index (χ1n) is 9.39. The lowest BCUT2D eigenvalue weighted by Gasteiger charge is -2.37. The van der Waals surface area contributed by atoms with Gasteiger partial charge in [0.05, 0.1) is 25.3 Å². The summed E-state index contributed by atoms with van der Waals surface area (Å²) < 4.78 is 11.1. The van der Waals surface area contributed by atoms with Crippen molar-refractivity contribution < 1.29 is 13.9 Å². The van der Waals surface area contributed by atoms with E-state index in [0.29, 0.717) is 24.7 Å². The van der Waals surface area contributed by atoms with Crippen LogP contribution in [0.25, 0.3) is 11.5 Å². The number of hydrogen-bond donors (Lipinski definition) is 1. The molecule has 28 heavy (non-hydrogen) atoms. The summed E-state index contributed by atoms with van der Waals surface area (Å²) in [6.07, 6.45) is 1.78. The summed E-state index contributed by atoms with van der Waals surface area (Å²) in [5.41, 5.74) is 2.55. The fourth-order valence-corrected chi connectivity index (χ4v) is 3.58. The van der Waals surface area contributed by atoms with Gasteiger partial charge in [0.25, 0.3) is 0 Å². The van der Waals surface area contributed by atoms with Gasteiger partial charge in [-0.1, -0.05) is 36.4 Å². The Bertz CT molecular complexity index is 939. The summed E-state index contributed by atoms with van der Waals surface area (Å²) in [5, 5.41) is 3.38. The first-order valence-corrected chi connectivity index (χ1v) is 9.39. The van der Waals surface area contributed by atoms with E-state index in [9.17, 15) is 4.79 Å². The SMILES string of the molecule is COc1ccccc1C1CNCCN1C(=O)Cc1coc(-c2ccccc2)n1. The molecule has 1 unspecified atom stereocenters. The Morgan fingerprint density at radius 3 is 2.82 bits per heavy atom. The zero-order valence-corrected chi connectivity index (χ0v) is 15.8. The molecule has 0 spiro atoms. The molecule has 1 fully saturated rings. The van der Waals surface area contributed by atoms with E-state index in [1.807, 2.05) is 59.5 Å². The van der Waals surface area contributed by atoms with Crippen LogP contribution in [0.15, 0.2) is 65.3 Å². The van der Waals surface area contributed by atoms with Crippen molar-refractivity contribution >= 4 is 5.91 Å². The smallest absolute Gasteiger partial charge is 0.229 e. The van der Waals surface area contributed by atoms with E-state index < -0.39 is 0 Å². The molecule has 144 valence electrons. The van der Waals surface area contributed by atoms with Crippen LogP contribution in [0.5, 0.6) is 5.75 Å². The maximum Gasteiger partial charge on any atom is 0.229 e. The maximum atomic E-state index is 13.1. The van der Waals surface area contributed by atoms with Crippen LogP contribution in [-0.4, -0.2) is 42.5 Å². The van der Waals surface area contributed by atoms with Gasteiger partial charge in [0, 0.05) is 30.8 Å². The fraction of sp³-hybridized carbons (Fsp3) is 0.273. The third-order valence-corrected chi connectivity index (χ3v) is 4.97. The van der Waals surface area contributed by atoms with Gasteiger partial charge in [0.2, 0.25) is 11.8 Å². The number of nitrogens with one attached hydrogen (secondary N) is 1. The van der Waals surface area contributed by atoms with Gasteiger partial charge in [0.15, 0.2) is 0 Å². The van der Waals surface area contributed by atoms with Gasteiger partial charge in [0.1, 0.15) is 12.0 Å². The minimum Gasteiger partial charge on any atom is -0.496 e. The predicted molar refractivity (Wildman–Crippen MR) is 106 cm³/mol. The molecule has 4 rings (SSSR count). The number of oxazole rings is 1. The van der Waals surface area contributed by atoms with Gasteiger partial charge < -0.3 is 19.4 Å². The zero-order chi connectivity index (χ0) is 19.3. The largest absolute Gasteiger partial charge is 0.496 e. The van der Waals surface area contributed by atoms with Crippen molar-refractivity contribution in [3.05, 3.63) is 72.1 Å². The first kappa shape index (κ1) is 18.3. The Balaban J connectivity index is 1.52. The van der Waals surface area contributed by atoms with E-state index in [-0.39, 0.29) is 18.4 Å². The minimum atomic E-state index is -0.0714. The highest BCUT2D eigenvalue weighted by Crippen LogP contribution is 2.30. The number of nitrogens with zero attached hydrogens (tertiary/aromatic N) is 2. The van der Waals surface area contributed by atoms with Gasteiger partial charge in [-0.25, -0.2) is 4.98 Å². The second-order valence-corrected chi connectivity index (χ2v) is 6.74. The third-order valence-electron chi connectivity index (χ3n) is 4.97. The number of rotatable bonds is 5. The van der Waals surface area contributed by atoms with E-state index in [2.05, 4.69) is 10.3 Å². The van der Waals surface area contributed by atoms with Gasteiger partial charge in [-0.15, -0.1) is 0 Å². The summed E-state index contributed by atoms with van der Waals surface area (Å²) in [6.45, 7) is 2.11. The Labute approximate surface area is 164 Å². The van der Waals surface area contributed by atoms with Crippen LogP contribution >= 0.6 is 0 Å². The van der Waals surface area contributed by atoms with Crippen LogP contribution in [0.2, 0.25) is 0 Å². The molecule has 1 amide bonds. The van der Waals surface area contributed by atoms with Crippen LogP contribution in [0.4, 0.5) is 0 Å². The molecular weight excluding hydrogens is 354 g/mol. The average Bonchev–Trinajstić information content (AvgIpc) is 3.23. The molecule has 0 saturated carbocycles. The average molecular weight is 377 g/mol. The van der Waals surface area contributed by atoms with Crippen molar-refractivity contribution in [2.45, 2.75) is 12.5 Å². The Morgan fingerprint density at radius 1 is 1.21 bits per heavy atom. The van der Waals surface area contributed by atoms with Crippen LogP contribution in [0.3, 0.4) is 0 Å². The monoisotopic (exact) mass is 377 g/mol. The second-order valence-electron chi connectivity index (χ2n) is 6.74. The van der Waals surface area contributed by atoms with E-state index in [4.69, 9.17) is 9.15 Å². The fourth-order valence-electron chi connectivity index (χ4n) is 3.58. The molecule has 1 N–H and O–H groups in total. The van der Waals surface area contributed by atoms with E-state index in [1.165, 1.54) is 0 Å². The number of ether oxygens (including phenoxy) is 1. The highest BCUT2D eigenvalue weighted by molar-refractivity contribution is 5.79. The van der Waals surface area contributed by atoms with Gasteiger partial charge in [-0.2, -0.15) is 0 Å². The Morgan fingerprint density at radius 2 is 2.00 bits per heavy atom. The number of methoxy groups -OCH3 is 1. The number of hydrogen-bond acceptors (Lipinski definition) is 5. The summed E-state index contributed by atoms with van der Waals surface area (Å²) in [7, 11) is 1.65. The molecular formula is C22H23N3O3. The summed E-state index contributed by atoms with van der Waals surface area (Å²) >= 11 is 0. The number of piperazine rings is 1. The Kier molecular flexibility index (Phi) is 5.39. The quantitative estimate of drug-likeness (QED) is 0.740. The van der Waals surface area contributed by atoms with E-state index in [0.717, 1.165) is 23.4 Å². The molecule has 2 heterocycles. The van der Waals surface area contributed by atoms with Gasteiger partial charge in [-0.3, -0.25) is 4.79 Å². The van der Waals surface area contributed by atoms with Crippen LogP contribution in [0, 0.1) is 0 Å². The van der Waals surface area contributed by atoms with Gasteiger partial charge >= 0.3 is 0 Å². The number of carbonyl (C=O) groups is 1. The molecule has 1 aromatic heterocycles. The number of carbonyl (C=O) groups excluding carboxylic acids is 1. The predicted octanol–water partition coefficient (Wildman–Crippen LogP) is 3.07. The standard InChI is InChI=1S/C22H23N3O3/c1-27-20-10-6-5-9-18(20)19-14-23-11-12-25(19)21(26)13-17-15-28-22(24-17)16-7-3-2-4-8-16/h2-10,15,19,23H,11-14H2,1H3. The maximum absolute atomic E-state index is 13.1. The minimum absolute atomic E-state index is 0.0327.